The number of imide groups is 1. The van der Waals surface area contributed by atoms with Gasteiger partial charge in [-0.05, 0) is 60.2 Å². The van der Waals surface area contributed by atoms with Gasteiger partial charge >= 0.3 is 0 Å². The Bertz CT molecular complexity index is 921. The van der Waals surface area contributed by atoms with Gasteiger partial charge in [0.25, 0.3) is 5.91 Å². The van der Waals surface area contributed by atoms with Crippen LogP contribution in [0.25, 0.3) is 0 Å². The van der Waals surface area contributed by atoms with E-state index < -0.39 is 0 Å². The molecule has 144 valence electrons. The van der Waals surface area contributed by atoms with Crippen LogP contribution in [0.5, 0.6) is 0 Å². The van der Waals surface area contributed by atoms with E-state index in [4.69, 9.17) is 5.73 Å². The zero-order valence-electron chi connectivity index (χ0n) is 15.6. The molecule has 28 heavy (non-hydrogen) atoms. The number of amides is 3. The molecule has 1 saturated heterocycles. The van der Waals surface area contributed by atoms with Crippen LogP contribution < -0.4 is 11.1 Å². The molecule has 1 heterocycles. The van der Waals surface area contributed by atoms with E-state index in [1.165, 1.54) is 10.5 Å². The summed E-state index contributed by atoms with van der Waals surface area (Å²) in [5.41, 5.74) is 10.4. The van der Waals surface area contributed by atoms with Crippen molar-refractivity contribution in [2.45, 2.75) is 44.7 Å². The van der Waals surface area contributed by atoms with Crippen molar-refractivity contribution in [3.8, 4) is 0 Å². The number of likely N-dealkylation sites (tertiary alicyclic amines) is 1. The monoisotopic (exact) mass is 377 g/mol. The van der Waals surface area contributed by atoms with Gasteiger partial charge in [-0.2, -0.15) is 0 Å². The fourth-order valence-corrected chi connectivity index (χ4v) is 3.97. The zero-order chi connectivity index (χ0) is 19.7. The van der Waals surface area contributed by atoms with Gasteiger partial charge in [0.15, 0.2) is 0 Å². The van der Waals surface area contributed by atoms with Crippen LogP contribution in [0, 0.1) is 0 Å². The molecule has 1 aliphatic heterocycles. The van der Waals surface area contributed by atoms with E-state index in [2.05, 4.69) is 5.32 Å². The second-order valence-electron chi connectivity index (χ2n) is 7.45. The second kappa shape index (κ2) is 7.46. The fraction of sp³-hybridized carbons (Fsp3) is 0.318. The summed E-state index contributed by atoms with van der Waals surface area (Å²) in [6.07, 6.45) is 3.47. The van der Waals surface area contributed by atoms with Gasteiger partial charge in [0.2, 0.25) is 11.8 Å². The molecule has 0 bridgehead atoms. The van der Waals surface area contributed by atoms with Crippen molar-refractivity contribution < 1.29 is 14.4 Å². The number of benzene rings is 2. The predicted molar refractivity (Wildman–Crippen MR) is 105 cm³/mol. The molecule has 3 N–H and O–H groups in total. The first kappa shape index (κ1) is 18.2. The van der Waals surface area contributed by atoms with Crippen LogP contribution in [0.3, 0.4) is 0 Å². The first-order valence-corrected chi connectivity index (χ1v) is 9.62. The van der Waals surface area contributed by atoms with Crippen LogP contribution in [0.4, 0.5) is 5.69 Å². The molecule has 2 aromatic rings. The van der Waals surface area contributed by atoms with Gasteiger partial charge in [0.1, 0.15) is 0 Å². The highest BCUT2D eigenvalue weighted by Gasteiger charge is 2.28. The highest BCUT2D eigenvalue weighted by Crippen LogP contribution is 2.31. The van der Waals surface area contributed by atoms with Gasteiger partial charge in [-0.25, -0.2) is 0 Å². The van der Waals surface area contributed by atoms with Crippen molar-refractivity contribution in [2.24, 2.45) is 0 Å². The van der Waals surface area contributed by atoms with Gasteiger partial charge in [0, 0.05) is 24.1 Å². The number of nitrogen functional groups attached to an aromatic ring is 1. The smallest absolute Gasteiger partial charge is 0.251 e. The third kappa shape index (κ3) is 3.63. The van der Waals surface area contributed by atoms with Gasteiger partial charge in [-0.15, -0.1) is 0 Å². The van der Waals surface area contributed by atoms with Gasteiger partial charge in [-0.1, -0.05) is 18.2 Å². The Labute approximate surface area is 163 Å². The van der Waals surface area contributed by atoms with E-state index in [9.17, 15) is 14.4 Å². The lowest BCUT2D eigenvalue weighted by Crippen LogP contribution is -2.31. The largest absolute Gasteiger partial charge is 0.399 e. The van der Waals surface area contributed by atoms with Crippen LogP contribution >= 0.6 is 0 Å². The summed E-state index contributed by atoms with van der Waals surface area (Å²) in [5, 5.41) is 3.12. The molecule has 0 aromatic heterocycles. The molecule has 0 saturated carbocycles. The molecule has 4 rings (SSSR count). The second-order valence-corrected chi connectivity index (χ2v) is 7.45. The van der Waals surface area contributed by atoms with E-state index in [1.54, 1.807) is 24.3 Å². The molecular weight excluding hydrogens is 354 g/mol. The number of anilines is 1. The fourth-order valence-electron chi connectivity index (χ4n) is 3.97. The molecule has 2 aromatic carbocycles. The topological polar surface area (TPSA) is 92.5 Å². The summed E-state index contributed by atoms with van der Waals surface area (Å²) in [6.45, 7) is 0.261. The number of nitrogens with zero attached hydrogens (tertiary/aromatic N) is 1. The van der Waals surface area contributed by atoms with Crippen molar-refractivity contribution in [1.82, 2.24) is 10.2 Å². The molecule has 3 amide bonds. The number of rotatable bonds is 4. The number of fused-ring (bicyclic) bond motifs is 1. The van der Waals surface area contributed by atoms with Gasteiger partial charge in [0.05, 0.1) is 12.6 Å². The maximum atomic E-state index is 12.7. The van der Waals surface area contributed by atoms with E-state index in [1.807, 2.05) is 18.2 Å². The number of hydrogen-bond donors (Lipinski definition) is 2. The minimum Gasteiger partial charge on any atom is -0.399 e. The van der Waals surface area contributed by atoms with Crippen LogP contribution in [0.2, 0.25) is 0 Å². The summed E-state index contributed by atoms with van der Waals surface area (Å²) >= 11 is 0. The van der Waals surface area contributed by atoms with Gasteiger partial charge < -0.3 is 11.1 Å². The summed E-state index contributed by atoms with van der Waals surface area (Å²) in [6, 6.07) is 12.9. The summed E-state index contributed by atoms with van der Waals surface area (Å²) in [7, 11) is 0. The molecule has 0 radical (unpaired) electrons. The average molecular weight is 377 g/mol. The Hall–Kier alpha value is -3.15. The predicted octanol–water partition coefficient (Wildman–Crippen LogP) is 2.73. The maximum absolute atomic E-state index is 12.7. The summed E-state index contributed by atoms with van der Waals surface area (Å²) in [5.74, 6) is -0.401. The number of nitrogens with one attached hydrogen (secondary N) is 1. The third-order valence-electron chi connectivity index (χ3n) is 5.50. The minimum atomic E-state index is -0.136. The molecule has 0 spiro atoms. The Kier molecular flexibility index (Phi) is 4.86. The number of carbonyl (C=O) groups excluding carboxylic acids is 3. The Morgan fingerprint density at radius 3 is 2.46 bits per heavy atom. The Morgan fingerprint density at radius 2 is 1.75 bits per heavy atom. The molecule has 1 atom stereocenters. The third-order valence-corrected chi connectivity index (χ3v) is 5.50. The van der Waals surface area contributed by atoms with Crippen molar-refractivity contribution in [3.63, 3.8) is 0 Å². The molecule has 6 heteroatoms. The van der Waals surface area contributed by atoms with Crippen LogP contribution in [0.1, 0.15) is 58.8 Å². The Balaban J connectivity index is 1.43. The standard InChI is InChI=1S/C22H23N3O3/c23-17-8-9-18-16(12-17)2-1-3-19(18)24-22(28)15-6-4-14(5-7-15)13-25-20(26)10-11-21(25)27/h4-9,12,19H,1-3,10-11,13,23H2,(H,24,28). The zero-order valence-corrected chi connectivity index (χ0v) is 15.6. The van der Waals surface area contributed by atoms with Crippen molar-refractivity contribution >= 4 is 23.4 Å². The van der Waals surface area contributed by atoms with Crippen molar-refractivity contribution in [2.75, 3.05) is 5.73 Å². The molecule has 2 aliphatic rings. The van der Waals surface area contributed by atoms with Gasteiger partial charge in [-0.3, -0.25) is 19.3 Å². The quantitative estimate of drug-likeness (QED) is 0.633. The Morgan fingerprint density at radius 1 is 1.04 bits per heavy atom. The van der Waals surface area contributed by atoms with Crippen LogP contribution in [-0.4, -0.2) is 22.6 Å². The van der Waals surface area contributed by atoms with Crippen LogP contribution in [0.15, 0.2) is 42.5 Å². The van der Waals surface area contributed by atoms with Crippen molar-refractivity contribution in [3.05, 3.63) is 64.7 Å². The number of carbonyl (C=O) groups is 3. The highest BCUT2D eigenvalue weighted by molar-refractivity contribution is 6.01. The lowest BCUT2D eigenvalue weighted by atomic mass is 9.87. The van der Waals surface area contributed by atoms with Crippen molar-refractivity contribution in [1.29, 1.82) is 0 Å². The lowest BCUT2D eigenvalue weighted by Gasteiger charge is -2.26. The van der Waals surface area contributed by atoms with E-state index in [0.29, 0.717) is 5.56 Å². The summed E-state index contributed by atoms with van der Waals surface area (Å²) in [4.78, 5) is 37.5. The molecule has 6 nitrogen and oxygen atoms in total. The lowest BCUT2D eigenvalue weighted by molar-refractivity contribution is -0.139. The SMILES string of the molecule is Nc1ccc2c(c1)CCCC2NC(=O)c1ccc(CN2C(=O)CCC2=O)cc1. The summed E-state index contributed by atoms with van der Waals surface area (Å²) < 4.78 is 0. The molecule has 1 aliphatic carbocycles. The number of hydrogen-bond acceptors (Lipinski definition) is 4. The molecular formula is C22H23N3O3. The van der Waals surface area contributed by atoms with E-state index in [0.717, 1.165) is 36.1 Å². The maximum Gasteiger partial charge on any atom is 0.251 e. The number of nitrogens with two attached hydrogens (primary N) is 1. The highest BCUT2D eigenvalue weighted by atomic mass is 16.2. The normalized spacial score (nSPS) is 18.9. The molecule has 1 fully saturated rings. The first-order chi connectivity index (χ1) is 13.5. The van der Waals surface area contributed by atoms with E-state index in [-0.39, 0.29) is 43.1 Å². The molecule has 1 unspecified atom stereocenters. The van der Waals surface area contributed by atoms with E-state index >= 15 is 0 Å². The number of aryl methyl sites for hydroxylation is 1. The average Bonchev–Trinajstić information content (AvgIpc) is 3.00. The van der Waals surface area contributed by atoms with Crippen LogP contribution in [-0.2, 0) is 22.6 Å². The first-order valence-electron chi connectivity index (χ1n) is 9.62. The minimum absolute atomic E-state index is 0.0173.